The van der Waals surface area contributed by atoms with Gasteiger partial charge in [0.15, 0.2) is 0 Å². The van der Waals surface area contributed by atoms with Gasteiger partial charge in [0.05, 0.1) is 23.4 Å². The highest BCUT2D eigenvalue weighted by Crippen LogP contribution is 2.31. The van der Waals surface area contributed by atoms with Crippen LogP contribution in [-0.2, 0) is 14.8 Å². The number of carbonyl (C=O) groups excluding carboxylic acids is 2. The molecular weight excluding hydrogens is 466 g/mol. The molecule has 182 valence electrons. The number of anilines is 3. The normalized spacial score (nSPS) is 13.5. The summed E-state index contributed by atoms with van der Waals surface area (Å²) in [5.74, 6) is -0.0199. The first kappa shape index (κ1) is 24.3. The van der Waals surface area contributed by atoms with Crippen molar-refractivity contribution in [1.29, 1.82) is 0 Å². The second-order valence-corrected chi connectivity index (χ2v) is 9.88. The Bertz CT molecular complexity index is 1320. The summed E-state index contributed by atoms with van der Waals surface area (Å²) in [7, 11) is -2.44. The van der Waals surface area contributed by atoms with Gasteiger partial charge in [0.1, 0.15) is 5.75 Å². The highest BCUT2D eigenvalue weighted by atomic mass is 32.2. The summed E-state index contributed by atoms with van der Waals surface area (Å²) in [4.78, 5) is 26.6. The van der Waals surface area contributed by atoms with Crippen LogP contribution in [0.2, 0.25) is 0 Å². The number of methoxy groups -OCH3 is 1. The fraction of sp³-hybridized carbons (Fsp3) is 0.231. The molecule has 0 unspecified atom stereocenters. The second kappa shape index (κ2) is 10.2. The largest absolute Gasteiger partial charge is 0.495 e. The Morgan fingerprint density at radius 1 is 1.06 bits per heavy atom. The van der Waals surface area contributed by atoms with Gasteiger partial charge < -0.3 is 15.0 Å². The molecular formula is C26H27N3O5S. The van der Waals surface area contributed by atoms with Gasteiger partial charge >= 0.3 is 0 Å². The number of benzene rings is 3. The summed E-state index contributed by atoms with van der Waals surface area (Å²) >= 11 is 0. The van der Waals surface area contributed by atoms with Crippen LogP contribution in [0, 0.1) is 0 Å². The molecule has 1 heterocycles. The summed E-state index contributed by atoms with van der Waals surface area (Å²) in [5.41, 5.74) is 1.90. The Hall–Kier alpha value is -3.85. The van der Waals surface area contributed by atoms with Gasteiger partial charge in [-0.3, -0.25) is 13.9 Å². The average molecular weight is 494 g/mol. The minimum absolute atomic E-state index is 0.0298. The molecule has 0 atom stereocenters. The summed E-state index contributed by atoms with van der Waals surface area (Å²) < 4.78 is 33.5. The molecule has 1 aliphatic rings. The molecule has 2 amide bonds. The predicted octanol–water partition coefficient (Wildman–Crippen LogP) is 4.29. The molecule has 0 radical (unpaired) electrons. The van der Waals surface area contributed by atoms with E-state index in [0.717, 1.165) is 12.1 Å². The van der Waals surface area contributed by atoms with Crippen molar-refractivity contribution in [3.05, 3.63) is 78.4 Å². The molecule has 0 aliphatic carbocycles. The fourth-order valence-corrected chi connectivity index (χ4v) is 5.57. The maximum absolute atomic E-state index is 13.4. The van der Waals surface area contributed by atoms with Crippen molar-refractivity contribution in [3.8, 4) is 5.75 Å². The number of amides is 2. The van der Waals surface area contributed by atoms with E-state index in [1.165, 1.54) is 29.6 Å². The third kappa shape index (κ3) is 5.00. The van der Waals surface area contributed by atoms with Crippen LogP contribution in [0.25, 0.3) is 0 Å². The zero-order chi connectivity index (χ0) is 25.0. The van der Waals surface area contributed by atoms with Gasteiger partial charge in [-0.05, 0) is 67.9 Å². The Labute approximate surface area is 205 Å². The van der Waals surface area contributed by atoms with Crippen LogP contribution in [0.3, 0.4) is 0 Å². The van der Waals surface area contributed by atoms with E-state index in [2.05, 4.69) is 5.32 Å². The maximum atomic E-state index is 13.4. The fourth-order valence-electron chi connectivity index (χ4n) is 4.07. The lowest BCUT2D eigenvalue weighted by molar-refractivity contribution is -0.117. The summed E-state index contributed by atoms with van der Waals surface area (Å²) in [6, 6.07) is 19.9. The van der Waals surface area contributed by atoms with Crippen LogP contribution in [0.5, 0.6) is 5.75 Å². The molecule has 9 heteroatoms. The van der Waals surface area contributed by atoms with E-state index in [1.54, 1.807) is 60.4 Å². The summed E-state index contributed by atoms with van der Waals surface area (Å²) in [5, 5.41) is 2.76. The van der Waals surface area contributed by atoms with E-state index >= 15 is 0 Å². The molecule has 3 aromatic carbocycles. The molecule has 0 bridgehead atoms. The van der Waals surface area contributed by atoms with Crippen molar-refractivity contribution in [2.24, 2.45) is 0 Å². The van der Waals surface area contributed by atoms with E-state index in [9.17, 15) is 18.0 Å². The Morgan fingerprint density at radius 2 is 1.77 bits per heavy atom. The van der Waals surface area contributed by atoms with Crippen molar-refractivity contribution >= 4 is 38.9 Å². The number of hydrogen-bond donors (Lipinski definition) is 1. The summed E-state index contributed by atoms with van der Waals surface area (Å²) in [6.07, 6.45) is 1.35. The monoisotopic (exact) mass is 493 g/mol. The minimum atomic E-state index is -3.88. The number of nitrogens with one attached hydrogen (secondary N) is 1. The molecule has 4 rings (SSSR count). The van der Waals surface area contributed by atoms with Crippen molar-refractivity contribution in [2.75, 3.05) is 34.7 Å². The molecule has 1 N–H and O–H groups in total. The van der Waals surface area contributed by atoms with Crippen LogP contribution >= 0.6 is 0 Å². The lowest BCUT2D eigenvalue weighted by Crippen LogP contribution is -2.30. The molecule has 8 nitrogen and oxygen atoms in total. The van der Waals surface area contributed by atoms with Gasteiger partial charge in [0.2, 0.25) is 5.91 Å². The first-order chi connectivity index (χ1) is 16.8. The van der Waals surface area contributed by atoms with E-state index in [4.69, 9.17) is 4.74 Å². The van der Waals surface area contributed by atoms with Crippen molar-refractivity contribution < 1.29 is 22.7 Å². The third-order valence-electron chi connectivity index (χ3n) is 5.85. The zero-order valence-electron chi connectivity index (χ0n) is 19.6. The SMILES string of the molecule is CCN(c1ccccc1)S(=O)(=O)c1ccc(OC)c(NC(=O)c2ccc(N3CCCC3=O)cc2)c1. The number of ether oxygens (including phenoxy) is 1. The van der Waals surface area contributed by atoms with E-state index < -0.39 is 15.9 Å². The number of nitrogens with zero attached hydrogens (tertiary/aromatic N) is 2. The van der Waals surface area contributed by atoms with Crippen LogP contribution in [-0.4, -0.2) is 40.4 Å². The van der Waals surface area contributed by atoms with Gasteiger partial charge in [0, 0.05) is 30.8 Å². The first-order valence-corrected chi connectivity index (χ1v) is 12.8. The smallest absolute Gasteiger partial charge is 0.264 e. The predicted molar refractivity (Wildman–Crippen MR) is 136 cm³/mol. The van der Waals surface area contributed by atoms with E-state index in [1.807, 2.05) is 6.07 Å². The molecule has 0 aromatic heterocycles. The van der Waals surface area contributed by atoms with Gasteiger partial charge in [-0.1, -0.05) is 18.2 Å². The van der Waals surface area contributed by atoms with E-state index in [-0.39, 0.29) is 23.0 Å². The number of carbonyl (C=O) groups is 2. The molecule has 35 heavy (non-hydrogen) atoms. The van der Waals surface area contributed by atoms with Gasteiger partial charge in [0.25, 0.3) is 15.9 Å². The number of sulfonamides is 1. The lowest BCUT2D eigenvalue weighted by atomic mass is 10.1. The van der Waals surface area contributed by atoms with Crippen molar-refractivity contribution in [3.63, 3.8) is 0 Å². The topological polar surface area (TPSA) is 96.0 Å². The summed E-state index contributed by atoms with van der Waals surface area (Å²) in [6.45, 7) is 2.67. The first-order valence-electron chi connectivity index (χ1n) is 11.3. The molecule has 1 fully saturated rings. The zero-order valence-corrected chi connectivity index (χ0v) is 20.4. The Morgan fingerprint density at radius 3 is 2.37 bits per heavy atom. The van der Waals surface area contributed by atoms with E-state index in [0.29, 0.717) is 30.0 Å². The maximum Gasteiger partial charge on any atom is 0.264 e. The van der Waals surface area contributed by atoms with Crippen molar-refractivity contribution in [1.82, 2.24) is 0 Å². The van der Waals surface area contributed by atoms with Gasteiger partial charge in [-0.2, -0.15) is 0 Å². The number of hydrogen-bond acceptors (Lipinski definition) is 5. The van der Waals surface area contributed by atoms with Crippen molar-refractivity contribution in [2.45, 2.75) is 24.7 Å². The van der Waals surface area contributed by atoms with Gasteiger partial charge in [-0.25, -0.2) is 8.42 Å². The van der Waals surface area contributed by atoms with Crippen LogP contribution in [0.1, 0.15) is 30.1 Å². The third-order valence-corrected chi connectivity index (χ3v) is 7.75. The highest BCUT2D eigenvalue weighted by molar-refractivity contribution is 7.92. The van der Waals surface area contributed by atoms with Crippen LogP contribution < -0.4 is 19.3 Å². The molecule has 1 aliphatic heterocycles. The Balaban J connectivity index is 1.59. The lowest BCUT2D eigenvalue weighted by Gasteiger charge is -2.23. The molecule has 0 spiro atoms. The molecule has 0 saturated carbocycles. The standard InChI is InChI=1S/C26H27N3O5S/c1-3-29(21-8-5-4-6-9-21)35(32,33)22-15-16-24(34-2)23(18-22)27-26(31)19-11-13-20(14-12-19)28-17-7-10-25(28)30/h4-6,8-9,11-16,18H,3,7,10,17H2,1-2H3,(H,27,31). The van der Waals surface area contributed by atoms with Crippen LogP contribution in [0.4, 0.5) is 17.1 Å². The quantitative estimate of drug-likeness (QED) is 0.505. The molecule has 1 saturated heterocycles. The Kier molecular flexibility index (Phi) is 7.07. The average Bonchev–Trinajstić information content (AvgIpc) is 3.30. The highest BCUT2D eigenvalue weighted by Gasteiger charge is 2.25. The second-order valence-electron chi connectivity index (χ2n) is 8.02. The number of para-hydroxylation sites is 1. The number of rotatable bonds is 8. The molecule has 3 aromatic rings. The minimum Gasteiger partial charge on any atom is -0.495 e. The van der Waals surface area contributed by atoms with Gasteiger partial charge in [-0.15, -0.1) is 0 Å². The van der Waals surface area contributed by atoms with Crippen LogP contribution in [0.15, 0.2) is 77.7 Å².